The predicted molar refractivity (Wildman–Crippen MR) is 168 cm³/mol. The summed E-state index contributed by atoms with van der Waals surface area (Å²) in [6, 6.07) is 12.3. The standard InChI is InChI=1S/C31H42N8O5/c1-18(2)26(30(43)44)39-29(42)25(15-19-9-4-3-5-10-19)38-28(41)24(13-8-14-35-31(33)34)37-27(40)22(32)16-20-17-36-23-12-7-6-11-21(20)23/h3-7,9-12,17-18,22,24-26,36H,8,13-16,32H2,1-2H3,(H,37,40)(H,38,41)(H,39,42)(H,43,44)(H4,33,34,35). The number of hydrogen-bond donors (Lipinski definition) is 8. The topological polar surface area (TPSA) is 231 Å². The number of benzene rings is 2. The fourth-order valence-electron chi connectivity index (χ4n) is 4.78. The summed E-state index contributed by atoms with van der Waals surface area (Å²) in [7, 11) is 0. The average Bonchev–Trinajstić information content (AvgIpc) is 3.39. The highest BCUT2D eigenvalue weighted by molar-refractivity contribution is 5.94. The number of guanidine groups is 1. The van der Waals surface area contributed by atoms with Gasteiger partial charge in [-0.3, -0.25) is 19.4 Å². The monoisotopic (exact) mass is 606 g/mol. The highest BCUT2D eigenvalue weighted by Gasteiger charge is 2.31. The van der Waals surface area contributed by atoms with Gasteiger partial charge < -0.3 is 43.2 Å². The van der Waals surface area contributed by atoms with E-state index >= 15 is 0 Å². The van der Waals surface area contributed by atoms with E-state index < -0.39 is 53.8 Å². The number of nitrogens with two attached hydrogens (primary N) is 3. The Kier molecular flexibility index (Phi) is 12.3. The molecule has 0 bridgehead atoms. The van der Waals surface area contributed by atoms with Gasteiger partial charge in [-0.2, -0.15) is 0 Å². The highest BCUT2D eigenvalue weighted by atomic mass is 16.4. The lowest BCUT2D eigenvalue weighted by Crippen LogP contribution is -2.58. The predicted octanol–water partition coefficient (Wildman–Crippen LogP) is 0.529. The number of carboxylic acids is 1. The molecule has 4 unspecified atom stereocenters. The summed E-state index contributed by atoms with van der Waals surface area (Å²) in [6.07, 6.45) is 2.61. The number of carbonyl (C=O) groups is 4. The van der Waals surface area contributed by atoms with Gasteiger partial charge in [0.05, 0.1) is 6.04 Å². The van der Waals surface area contributed by atoms with Gasteiger partial charge in [0, 0.05) is 30.1 Å². The lowest BCUT2D eigenvalue weighted by Gasteiger charge is -2.26. The second-order valence-corrected chi connectivity index (χ2v) is 11.0. The van der Waals surface area contributed by atoms with Crippen LogP contribution in [-0.4, -0.2) is 70.5 Å². The number of carbonyl (C=O) groups excluding carboxylic acids is 3. The molecule has 13 heteroatoms. The molecule has 0 aliphatic rings. The average molecular weight is 607 g/mol. The molecule has 11 N–H and O–H groups in total. The fourth-order valence-corrected chi connectivity index (χ4v) is 4.78. The maximum absolute atomic E-state index is 13.6. The van der Waals surface area contributed by atoms with Crippen LogP contribution in [-0.2, 0) is 32.0 Å². The van der Waals surface area contributed by atoms with Gasteiger partial charge in [-0.25, -0.2) is 4.79 Å². The van der Waals surface area contributed by atoms with Crippen LogP contribution in [0.2, 0.25) is 0 Å². The number of H-pyrrole nitrogens is 1. The van der Waals surface area contributed by atoms with Crippen LogP contribution in [0.5, 0.6) is 0 Å². The first-order valence-corrected chi connectivity index (χ1v) is 14.5. The summed E-state index contributed by atoms with van der Waals surface area (Å²) in [5.74, 6) is -3.53. The SMILES string of the molecule is CC(C)C(NC(=O)C(Cc1ccccc1)NC(=O)C(CCCN=C(N)N)NC(=O)C(N)Cc1c[nH]c2ccccc12)C(=O)O. The van der Waals surface area contributed by atoms with Gasteiger partial charge in [0.25, 0.3) is 0 Å². The zero-order valence-corrected chi connectivity index (χ0v) is 25.0. The molecule has 13 nitrogen and oxygen atoms in total. The minimum Gasteiger partial charge on any atom is -0.480 e. The van der Waals surface area contributed by atoms with Crippen molar-refractivity contribution in [3.8, 4) is 0 Å². The molecule has 0 radical (unpaired) electrons. The Morgan fingerprint density at radius 2 is 1.50 bits per heavy atom. The summed E-state index contributed by atoms with van der Waals surface area (Å²) >= 11 is 0. The van der Waals surface area contributed by atoms with Crippen molar-refractivity contribution in [2.24, 2.45) is 28.1 Å². The van der Waals surface area contributed by atoms with Gasteiger partial charge in [0.2, 0.25) is 17.7 Å². The molecule has 0 fully saturated rings. The number of aromatic nitrogens is 1. The minimum atomic E-state index is -1.19. The van der Waals surface area contributed by atoms with Crippen LogP contribution in [0.1, 0.15) is 37.8 Å². The smallest absolute Gasteiger partial charge is 0.326 e. The number of para-hydroxylation sites is 1. The number of hydrogen-bond acceptors (Lipinski definition) is 6. The Balaban J connectivity index is 1.78. The molecule has 236 valence electrons. The highest BCUT2D eigenvalue weighted by Crippen LogP contribution is 2.19. The molecule has 3 amide bonds. The summed E-state index contributed by atoms with van der Waals surface area (Å²) in [5.41, 5.74) is 19.6. The molecule has 3 rings (SSSR count). The lowest BCUT2D eigenvalue weighted by molar-refractivity contribution is -0.143. The van der Waals surface area contributed by atoms with E-state index in [1.165, 1.54) is 0 Å². The Morgan fingerprint density at radius 3 is 2.16 bits per heavy atom. The van der Waals surface area contributed by atoms with E-state index in [-0.39, 0.29) is 31.8 Å². The maximum atomic E-state index is 13.6. The van der Waals surface area contributed by atoms with Crippen LogP contribution < -0.4 is 33.2 Å². The Morgan fingerprint density at radius 1 is 0.864 bits per heavy atom. The molecule has 0 saturated carbocycles. The molecule has 0 spiro atoms. The molecule has 1 heterocycles. The third-order valence-electron chi connectivity index (χ3n) is 7.18. The molecule has 44 heavy (non-hydrogen) atoms. The van der Waals surface area contributed by atoms with Crippen LogP contribution in [0.15, 0.2) is 65.8 Å². The summed E-state index contributed by atoms with van der Waals surface area (Å²) < 4.78 is 0. The molecule has 2 aromatic carbocycles. The molecule has 4 atom stereocenters. The van der Waals surface area contributed by atoms with Gasteiger partial charge in [0.1, 0.15) is 18.1 Å². The molecule has 0 aliphatic heterocycles. The maximum Gasteiger partial charge on any atom is 0.326 e. The number of rotatable bonds is 16. The molecule has 3 aromatic rings. The molecular formula is C31H42N8O5. The molecule has 0 aliphatic carbocycles. The van der Waals surface area contributed by atoms with Gasteiger partial charge in [-0.05, 0) is 42.4 Å². The lowest BCUT2D eigenvalue weighted by atomic mass is 10.0. The molecule has 0 saturated heterocycles. The number of fused-ring (bicyclic) bond motifs is 1. The first-order chi connectivity index (χ1) is 21.0. The minimum absolute atomic E-state index is 0.0948. The number of aromatic amines is 1. The number of nitrogens with one attached hydrogen (secondary N) is 4. The van der Waals surface area contributed by atoms with Crippen molar-refractivity contribution >= 4 is 40.6 Å². The van der Waals surface area contributed by atoms with Crippen molar-refractivity contribution in [2.75, 3.05) is 6.54 Å². The summed E-state index contributed by atoms with van der Waals surface area (Å²) in [6.45, 7) is 3.56. The van der Waals surface area contributed by atoms with E-state index in [9.17, 15) is 24.3 Å². The quantitative estimate of drug-likeness (QED) is 0.0649. The van der Waals surface area contributed by atoms with Gasteiger partial charge >= 0.3 is 5.97 Å². The largest absolute Gasteiger partial charge is 0.480 e. The third kappa shape index (κ3) is 9.83. The van der Waals surface area contributed by atoms with Crippen LogP contribution in [0.3, 0.4) is 0 Å². The van der Waals surface area contributed by atoms with E-state index in [0.717, 1.165) is 22.0 Å². The third-order valence-corrected chi connectivity index (χ3v) is 7.18. The second kappa shape index (κ2) is 16.1. The van der Waals surface area contributed by atoms with Gasteiger partial charge in [-0.15, -0.1) is 0 Å². The van der Waals surface area contributed by atoms with Crippen LogP contribution in [0.4, 0.5) is 0 Å². The second-order valence-electron chi connectivity index (χ2n) is 11.0. The van der Waals surface area contributed by atoms with E-state index in [1.54, 1.807) is 44.3 Å². The molecular weight excluding hydrogens is 564 g/mol. The van der Waals surface area contributed by atoms with E-state index in [0.29, 0.717) is 6.42 Å². The Hall–Kier alpha value is -4.91. The number of nitrogens with zero attached hydrogens (tertiary/aromatic N) is 1. The number of aliphatic imine (C=N–C) groups is 1. The zero-order valence-electron chi connectivity index (χ0n) is 25.0. The normalized spacial score (nSPS) is 13.8. The van der Waals surface area contributed by atoms with Crippen LogP contribution >= 0.6 is 0 Å². The summed E-state index contributed by atoms with van der Waals surface area (Å²) in [4.78, 5) is 59.0. The van der Waals surface area contributed by atoms with Crippen molar-refractivity contribution < 1.29 is 24.3 Å². The first-order valence-electron chi connectivity index (χ1n) is 14.5. The Labute approximate surface area is 256 Å². The number of carboxylic acid groups (broad SMARTS) is 1. The van der Waals surface area contributed by atoms with Gasteiger partial charge in [0.15, 0.2) is 5.96 Å². The van der Waals surface area contributed by atoms with Crippen molar-refractivity contribution in [3.05, 3.63) is 71.9 Å². The van der Waals surface area contributed by atoms with Crippen molar-refractivity contribution in [3.63, 3.8) is 0 Å². The van der Waals surface area contributed by atoms with Crippen LogP contribution in [0.25, 0.3) is 10.9 Å². The van der Waals surface area contributed by atoms with Crippen molar-refractivity contribution in [2.45, 2.75) is 63.7 Å². The van der Waals surface area contributed by atoms with Crippen molar-refractivity contribution in [1.82, 2.24) is 20.9 Å². The van der Waals surface area contributed by atoms with E-state index in [4.69, 9.17) is 17.2 Å². The fraction of sp³-hybridized carbons (Fsp3) is 0.387. The zero-order chi connectivity index (χ0) is 32.2. The Bertz CT molecular complexity index is 1450. The summed E-state index contributed by atoms with van der Waals surface area (Å²) in [5, 5.41) is 18.5. The van der Waals surface area contributed by atoms with Crippen molar-refractivity contribution in [1.29, 1.82) is 0 Å². The number of amides is 3. The first kappa shape index (κ1) is 33.6. The van der Waals surface area contributed by atoms with Crippen LogP contribution in [0, 0.1) is 5.92 Å². The number of aliphatic carboxylic acids is 1. The van der Waals surface area contributed by atoms with E-state index in [2.05, 4.69) is 25.9 Å². The van der Waals surface area contributed by atoms with E-state index in [1.807, 2.05) is 30.3 Å². The molecule has 1 aromatic heterocycles. The van der Waals surface area contributed by atoms with Gasteiger partial charge in [-0.1, -0.05) is 62.4 Å².